The molecular weight excluding hydrogens is 349 g/mol. The molecule has 2 aromatic rings. The maximum absolute atomic E-state index is 6.28. The van der Waals surface area contributed by atoms with Crippen molar-refractivity contribution >= 4 is 39.1 Å². The van der Waals surface area contributed by atoms with Gasteiger partial charge in [-0.3, -0.25) is 16.3 Å². The van der Waals surface area contributed by atoms with Crippen LogP contribution in [0.15, 0.2) is 41.1 Å². The van der Waals surface area contributed by atoms with Gasteiger partial charge in [0.1, 0.15) is 0 Å². The van der Waals surface area contributed by atoms with Gasteiger partial charge in [0.15, 0.2) is 0 Å². The van der Waals surface area contributed by atoms with Crippen LogP contribution in [0.4, 0.5) is 0 Å². The van der Waals surface area contributed by atoms with Crippen molar-refractivity contribution in [2.45, 2.75) is 12.5 Å². The molecule has 0 fully saturated rings. The first-order chi connectivity index (χ1) is 9.13. The number of nitrogens with two attached hydrogens (primary N) is 1. The molecule has 0 bridgehead atoms. The second-order valence-corrected chi connectivity index (χ2v) is 5.67. The lowest BCUT2D eigenvalue weighted by molar-refractivity contribution is 0.552. The smallest absolute Gasteiger partial charge is 0.0622 e. The zero-order chi connectivity index (χ0) is 13.8. The maximum atomic E-state index is 6.28. The number of nitrogens with zero attached hydrogens (tertiary/aromatic N) is 1. The van der Waals surface area contributed by atoms with E-state index in [0.29, 0.717) is 16.5 Å². The Morgan fingerprint density at radius 1 is 1.32 bits per heavy atom. The minimum atomic E-state index is -0.120. The minimum Gasteiger partial charge on any atom is -0.271 e. The standard InChI is InChI=1S/C13H12BrCl2N3/c14-10-3-1-2-9(13(10)16)12(19-17)6-8-4-5-18-7-11(8)15/h1-5,7,12,19H,6,17H2. The summed E-state index contributed by atoms with van der Waals surface area (Å²) in [6.07, 6.45) is 3.96. The molecule has 19 heavy (non-hydrogen) atoms. The predicted molar refractivity (Wildman–Crippen MR) is 82.2 cm³/mol. The number of hydrazine groups is 1. The number of aromatic nitrogens is 1. The molecule has 0 saturated carbocycles. The Bertz CT molecular complexity index is 578. The van der Waals surface area contributed by atoms with Gasteiger partial charge in [0.2, 0.25) is 0 Å². The Labute approximate surface area is 130 Å². The number of benzene rings is 1. The summed E-state index contributed by atoms with van der Waals surface area (Å²) in [6.45, 7) is 0. The summed E-state index contributed by atoms with van der Waals surface area (Å²) in [4.78, 5) is 3.97. The highest BCUT2D eigenvalue weighted by molar-refractivity contribution is 9.10. The van der Waals surface area contributed by atoms with Crippen molar-refractivity contribution in [3.63, 3.8) is 0 Å². The van der Waals surface area contributed by atoms with Gasteiger partial charge >= 0.3 is 0 Å². The Balaban J connectivity index is 2.31. The van der Waals surface area contributed by atoms with E-state index >= 15 is 0 Å². The number of hydrogen-bond acceptors (Lipinski definition) is 3. The fourth-order valence-electron chi connectivity index (χ4n) is 1.84. The molecular formula is C13H12BrCl2N3. The normalized spacial score (nSPS) is 12.4. The molecule has 0 amide bonds. The Morgan fingerprint density at radius 3 is 2.79 bits per heavy atom. The van der Waals surface area contributed by atoms with E-state index in [9.17, 15) is 0 Å². The summed E-state index contributed by atoms with van der Waals surface area (Å²) in [5, 5.41) is 1.27. The van der Waals surface area contributed by atoms with Crippen LogP contribution in [0, 0.1) is 0 Å². The van der Waals surface area contributed by atoms with E-state index in [1.807, 2.05) is 24.3 Å². The first kappa shape index (κ1) is 14.8. The van der Waals surface area contributed by atoms with Gasteiger partial charge in [0, 0.05) is 16.9 Å². The molecule has 100 valence electrons. The molecule has 1 unspecified atom stereocenters. The van der Waals surface area contributed by atoms with Crippen LogP contribution in [-0.4, -0.2) is 4.98 Å². The zero-order valence-corrected chi connectivity index (χ0v) is 13.0. The molecule has 0 saturated heterocycles. The second-order valence-electron chi connectivity index (χ2n) is 4.03. The van der Waals surface area contributed by atoms with Gasteiger partial charge < -0.3 is 0 Å². The SMILES string of the molecule is NNC(Cc1ccncc1Cl)c1cccc(Br)c1Cl. The predicted octanol–water partition coefficient (Wildman–Crippen LogP) is 3.90. The molecule has 0 aliphatic carbocycles. The maximum Gasteiger partial charge on any atom is 0.0622 e. The highest BCUT2D eigenvalue weighted by Gasteiger charge is 2.16. The summed E-state index contributed by atoms with van der Waals surface area (Å²) >= 11 is 15.8. The average molecular weight is 361 g/mol. The van der Waals surface area contributed by atoms with E-state index in [1.165, 1.54) is 0 Å². The van der Waals surface area contributed by atoms with Crippen molar-refractivity contribution in [2.75, 3.05) is 0 Å². The van der Waals surface area contributed by atoms with Crippen LogP contribution in [-0.2, 0) is 6.42 Å². The van der Waals surface area contributed by atoms with Crippen molar-refractivity contribution in [3.8, 4) is 0 Å². The molecule has 1 heterocycles. The summed E-state index contributed by atoms with van der Waals surface area (Å²) in [6, 6.07) is 7.50. The quantitative estimate of drug-likeness (QED) is 0.642. The summed E-state index contributed by atoms with van der Waals surface area (Å²) in [5.41, 5.74) is 4.67. The Morgan fingerprint density at radius 2 is 2.11 bits per heavy atom. The molecule has 2 rings (SSSR count). The minimum absolute atomic E-state index is 0.120. The van der Waals surface area contributed by atoms with Crippen LogP contribution in [0.25, 0.3) is 0 Å². The van der Waals surface area contributed by atoms with Gasteiger partial charge in [-0.05, 0) is 45.6 Å². The van der Waals surface area contributed by atoms with Crippen molar-refractivity contribution in [2.24, 2.45) is 5.84 Å². The van der Waals surface area contributed by atoms with Gasteiger partial charge in [-0.2, -0.15) is 0 Å². The third-order valence-electron chi connectivity index (χ3n) is 2.84. The first-order valence-corrected chi connectivity index (χ1v) is 7.16. The monoisotopic (exact) mass is 359 g/mol. The molecule has 0 radical (unpaired) electrons. The number of rotatable bonds is 4. The molecule has 1 aromatic heterocycles. The fourth-order valence-corrected chi connectivity index (χ4v) is 2.67. The van der Waals surface area contributed by atoms with Crippen LogP contribution >= 0.6 is 39.1 Å². The fraction of sp³-hybridized carbons (Fsp3) is 0.154. The molecule has 0 spiro atoms. The topological polar surface area (TPSA) is 50.9 Å². The molecule has 1 aromatic carbocycles. The number of halogens is 3. The number of hydrogen-bond donors (Lipinski definition) is 2. The molecule has 6 heteroatoms. The van der Waals surface area contributed by atoms with Crippen LogP contribution in [0.2, 0.25) is 10.0 Å². The van der Waals surface area contributed by atoms with Crippen molar-refractivity contribution in [3.05, 3.63) is 62.3 Å². The Hall–Kier alpha value is -0.650. The molecule has 0 aliphatic heterocycles. The number of pyridine rings is 1. The Kier molecular flexibility index (Phi) is 5.19. The average Bonchev–Trinajstić information content (AvgIpc) is 2.41. The third kappa shape index (κ3) is 3.46. The van der Waals surface area contributed by atoms with E-state index in [2.05, 4.69) is 26.3 Å². The van der Waals surface area contributed by atoms with Gasteiger partial charge in [0.05, 0.1) is 16.1 Å². The van der Waals surface area contributed by atoms with E-state index < -0.39 is 0 Å². The van der Waals surface area contributed by atoms with E-state index in [1.54, 1.807) is 12.4 Å². The lowest BCUT2D eigenvalue weighted by Gasteiger charge is -2.19. The second kappa shape index (κ2) is 6.68. The van der Waals surface area contributed by atoms with E-state index in [4.69, 9.17) is 29.0 Å². The van der Waals surface area contributed by atoms with Crippen LogP contribution < -0.4 is 11.3 Å². The first-order valence-electron chi connectivity index (χ1n) is 5.62. The molecule has 0 aliphatic rings. The highest BCUT2D eigenvalue weighted by Crippen LogP contribution is 2.32. The third-order valence-corrected chi connectivity index (χ3v) is 4.49. The van der Waals surface area contributed by atoms with Crippen molar-refractivity contribution < 1.29 is 0 Å². The van der Waals surface area contributed by atoms with Gasteiger partial charge in [-0.1, -0.05) is 35.3 Å². The molecule has 1 atom stereocenters. The lowest BCUT2D eigenvalue weighted by atomic mass is 10.00. The zero-order valence-electron chi connectivity index (χ0n) is 9.91. The van der Waals surface area contributed by atoms with Crippen molar-refractivity contribution in [1.82, 2.24) is 10.4 Å². The molecule has 3 N–H and O–H groups in total. The van der Waals surface area contributed by atoms with E-state index in [-0.39, 0.29) is 6.04 Å². The lowest BCUT2D eigenvalue weighted by Crippen LogP contribution is -2.30. The van der Waals surface area contributed by atoms with Crippen LogP contribution in [0.5, 0.6) is 0 Å². The summed E-state index contributed by atoms with van der Waals surface area (Å²) in [7, 11) is 0. The highest BCUT2D eigenvalue weighted by atomic mass is 79.9. The van der Waals surface area contributed by atoms with Gasteiger partial charge in [0.25, 0.3) is 0 Å². The number of nitrogens with one attached hydrogen (secondary N) is 1. The van der Waals surface area contributed by atoms with Crippen LogP contribution in [0.3, 0.4) is 0 Å². The van der Waals surface area contributed by atoms with Crippen molar-refractivity contribution in [1.29, 1.82) is 0 Å². The largest absolute Gasteiger partial charge is 0.271 e. The summed E-state index contributed by atoms with van der Waals surface area (Å²) < 4.78 is 0.841. The van der Waals surface area contributed by atoms with Gasteiger partial charge in [-0.15, -0.1) is 0 Å². The van der Waals surface area contributed by atoms with E-state index in [0.717, 1.165) is 15.6 Å². The van der Waals surface area contributed by atoms with Crippen LogP contribution in [0.1, 0.15) is 17.2 Å². The summed E-state index contributed by atoms with van der Waals surface area (Å²) in [5.74, 6) is 5.64. The van der Waals surface area contributed by atoms with Gasteiger partial charge in [-0.25, -0.2) is 0 Å². The molecule has 3 nitrogen and oxygen atoms in total.